The lowest BCUT2D eigenvalue weighted by Crippen LogP contribution is -2.03. The van der Waals surface area contributed by atoms with Crippen LogP contribution in [0.3, 0.4) is 0 Å². The summed E-state index contributed by atoms with van der Waals surface area (Å²) in [6.07, 6.45) is 3.34. The largest absolute Gasteiger partial charge is 0.396 e. The molecule has 0 aliphatic rings. The molecule has 56 valence electrons. The molecule has 0 fully saturated rings. The summed E-state index contributed by atoms with van der Waals surface area (Å²) >= 11 is 0. The summed E-state index contributed by atoms with van der Waals surface area (Å²) in [6, 6.07) is 0. The van der Waals surface area contributed by atoms with E-state index >= 15 is 0 Å². The Morgan fingerprint density at radius 2 is 2.11 bits per heavy atom. The van der Waals surface area contributed by atoms with E-state index in [2.05, 4.69) is 6.92 Å². The number of hydrogen-bond acceptors (Lipinski definition) is 2. The van der Waals surface area contributed by atoms with Crippen molar-refractivity contribution < 1.29 is 5.11 Å². The van der Waals surface area contributed by atoms with Gasteiger partial charge in [0, 0.05) is 6.61 Å². The van der Waals surface area contributed by atoms with Gasteiger partial charge in [-0.1, -0.05) is 13.3 Å². The SMILES string of the molecule is CC(CO)CCCCN. The van der Waals surface area contributed by atoms with E-state index in [1.807, 2.05) is 0 Å². The molecule has 0 aromatic carbocycles. The fourth-order valence-electron chi connectivity index (χ4n) is 0.728. The van der Waals surface area contributed by atoms with Crippen molar-refractivity contribution in [2.75, 3.05) is 13.2 Å². The standard InChI is InChI=1S/C7H17NO/c1-7(6-9)4-2-3-5-8/h7,9H,2-6,8H2,1H3. The summed E-state index contributed by atoms with van der Waals surface area (Å²) in [5.74, 6) is 0.455. The van der Waals surface area contributed by atoms with Crippen LogP contribution in [-0.2, 0) is 0 Å². The molecule has 0 aromatic heterocycles. The zero-order valence-corrected chi connectivity index (χ0v) is 6.14. The second kappa shape index (κ2) is 6.05. The van der Waals surface area contributed by atoms with Crippen LogP contribution in [-0.4, -0.2) is 18.3 Å². The molecule has 0 aliphatic heterocycles. The van der Waals surface area contributed by atoms with Crippen LogP contribution in [0, 0.1) is 5.92 Å². The van der Waals surface area contributed by atoms with Crippen LogP contribution < -0.4 is 5.73 Å². The van der Waals surface area contributed by atoms with Crippen LogP contribution >= 0.6 is 0 Å². The van der Waals surface area contributed by atoms with E-state index in [-0.39, 0.29) is 0 Å². The predicted molar refractivity (Wildman–Crippen MR) is 39.2 cm³/mol. The van der Waals surface area contributed by atoms with E-state index < -0.39 is 0 Å². The van der Waals surface area contributed by atoms with Crippen LogP contribution in [0.5, 0.6) is 0 Å². The zero-order chi connectivity index (χ0) is 7.11. The molecule has 2 heteroatoms. The van der Waals surface area contributed by atoms with Gasteiger partial charge in [0.2, 0.25) is 0 Å². The van der Waals surface area contributed by atoms with Crippen molar-refractivity contribution in [1.82, 2.24) is 0 Å². The van der Waals surface area contributed by atoms with Gasteiger partial charge in [0.05, 0.1) is 0 Å². The molecule has 9 heavy (non-hydrogen) atoms. The Labute approximate surface area is 57.1 Å². The highest BCUT2D eigenvalue weighted by Gasteiger charge is 1.97. The Balaban J connectivity index is 2.88. The Kier molecular flexibility index (Phi) is 5.99. The van der Waals surface area contributed by atoms with Gasteiger partial charge < -0.3 is 10.8 Å². The number of aliphatic hydroxyl groups is 1. The molecule has 0 rings (SSSR count). The number of rotatable bonds is 5. The number of hydrogen-bond donors (Lipinski definition) is 2. The van der Waals surface area contributed by atoms with Crippen LogP contribution in [0.4, 0.5) is 0 Å². The molecular weight excluding hydrogens is 114 g/mol. The van der Waals surface area contributed by atoms with Gasteiger partial charge in [-0.25, -0.2) is 0 Å². The van der Waals surface area contributed by atoms with Crippen molar-refractivity contribution in [2.24, 2.45) is 11.7 Å². The minimum absolute atomic E-state index is 0.310. The van der Waals surface area contributed by atoms with E-state index in [0.29, 0.717) is 12.5 Å². The molecule has 2 nitrogen and oxygen atoms in total. The smallest absolute Gasteiger partial charge is 0.0456 e. The maximum absolute atomic E-state index is 8.60. The topological polar surface area (TPSA) is 46.2 Å². The molecule has 1 atom stereocenters. The number of aliphatic hydroxyl groups excluding tert-OH is 1. The average molecular weight is 131 g/mol. The van der Waals surface area contributed by atoms with Gasteiger partial charge in [0.25, 0.3) is 0 Å². The first-order chi connectivity index (χ1) is 4.31. The first-order valence-corrected chi connectivity index (χ1v) is 3.62. The number of nitrogens with two attached hydrogens (primary N) is 1. The molecular formula is C7H17NO. The molecule has 0 aromatic rings. The van der Waals surface area contributed by atoms with Crippen molar-refractivity contribution >= 4 is 0 Å². The van der Waals surface area contributed by atoms with Crippen LogP contribution in [0.1, 0.15) is 26.2 Å². The van der Waals surface area contributed by atoms with E-state index in [1.54, 1.807) is 0 Å². The van der Waals surface area contributed by atoms with Gasteiger partial charge in [-0.2, -0.15) is 0 Å². The molecule has 0 bridgehead atoms. The van der Waals surface area contributed by atoms with Crippen molar-refractivity contribution in [2.45, 2.75) is 26.2 Å². The van der Waals surface area contributed by atoms with Gasteiger partial charge >= 0.3 is 0 Å². The zero-order valence-electron chi connectivity index (χ0n) is 6.14. The third-order valence-corrected chi connectivity index (χ3v) is 1.46. The lowest BCUT2D eigenvalue weighted by atomic mass is 10.1. The lowest BCUT2D eigenvalue weighted by Gasteiger charge is -2.04. The lowest BCUT2D eigenvalue weighted by molar-refractivity contribution is 0.228. The maximum atomic E-state index is 8.60. The summed E-state index contributed by atoms with van der Waals surface area (Å²) in [6.45, 7) is 3.14. The Morgan fingerprint density at radius 3 is 2.56 bits per heavy atom. The molecule has 0 saturated heterocycles. The molecule has 0 aliphatic carbocycles. The van der Waals surface area contributed by atoms with Crippen molar-refractivity contribution in [1.29, 1.82) is 0 Å². The van der Waals surface area contributed by atoms with Crippen molar-refractivity contribution in [3.63, 3.8) is 0 Å². The third kappa shape index (κ3) is 5.80. The quantitative estimate of drug-likeness (QED) is 0.541. The van der Waals surface area contributed by atoms with E-state index in [9.17, 15) is 0 Å². The summed E-state index contributed by atoms with van der Waals surface area (Å²) < 4.78 is 0. The first-order valence-electron chi connectivity index (χ1n) is 3.62. The second-order valence-corrected chi connectivity index (χ2v) is 2.57. The Bertz CT molecular complexity index is 56.9. The number of unbranched alkanes of at least 4 members (excludes halogenated alkanes) is 1. The van der Waals surface area contributed by atoms with Crippen LogP contribution in [0.2, 0.25) is 0 Å². The minimum Gasteiger partial charge on any atom is -0.396 e. The maximum Gasteiger partial charge on any atom is 0.0456 e. The monoisotopic (exact) mass is 131 g/mol. The summed E-state index contributed by atoms with van der Waals surface area (Å²) in [5.41, 5.74) is 5.29. The molecule has 3 N–H and O–H groups in total. The molecule has 0 radical (unpaired) electrons. The third-order valence-electron chi connectivity index (χ3n) is 1.46. The van der Waals surface area contributed by atoms with Crippen molar-refractivity contribution in [3.8, 4) is 0 Å². The average Bonchev–Trinajstić information content (AvgIpc) is 1.89. The fourth-order valence-corrected chi connectivity index (χ4v) is 0.728. The molecule has 1 unspecified atom stereocenters. The normalized spacial score (nSPS) is 13.7. The summed E-state index contributed by atoms with van der Waals surface area (Å²) in [4.78, 5) is 0. The van der Waals surface area contributed by atoms with Crippen LogP contribution in [0.15, 0.2) is 0 Å². The summed E-state index contributed by atoms with van der Waals surface area (Å²) in [7, 11) is 0. The minimum atomic E-state index is 0.310. The van der Waals surface area contributed by atoms with Gasteiger partial charge in [0.15, 0.2) is 0 Å². The highest BCUT2D eigenvalue weighted by Crippen LogP contribution is 2.04. The fraction of sp³-hybridized carbons (Fsp3) is 1.00. The van der Waals surface area contributed by atoms with E-state index in [1.165, 1.54) is 0 Å². The highest BCUT2D eigenvalue weighted by molar-refractivity contribution is 4.50. The molecule has 0 saturated carbocycles. The molecule has 0 spiro atoms. The second-order valence-electron chi connectivity index (χ2n) is 2.57. The van der Waals surface area contributed by atoms with Gasteiger partial charge in [0.1, 0.15) is 0 Å². The van der Waals surface area contributed by atoms with E-state index in [4.69, 9.17) is 10.8 Å². The van der Waals surface area contributed by atoms with Gasteiger partial charge in [-0.15, -0.1) is 0 Å². The Morgan fingerprint density at radius 1 is 1.44 bits per heavy atom. The highest BCUT2D eigenvalue weighted by atomic mass is 16.3. The van der Waals surface area contributed by atoms with E-state index in [0.717, 1.165) is 25.8 Å². The predicted octanol–water partition coefficient (Wildman–Crippen LogP) is 0.744. The molecule has 0 heterocycles. The first kappa shape index (κ1) is 8.92. The molecule has 0 amide bonds. The van der Waals surface area contributed by atoms with Gasteiger partial charge in [-0.05, 0) is 25.3 Å². The Hall–Kier alpha value is -0.0800. The van der Waals surface area contributed by atoms with Crippen molar-refractivity contribution in [3.05, 3.63) is 0 Å². The van der Waals surface area contributed by atoms with Gasteiger partial charge in [-0.3, -0.25) is 0 Å². The summed E-state index contributed by atoms with van der Waals surface area (Å²) in [5, 5.41) is 8.60. The van der Waals surface area contributed by atoms with Crippen LogP contribution in [0.25, 0.3) is 0 Å².